The molecule has 3 N–H and O–H groups in total. The molecule has 1 aromatic rings. The maximum atomic E-state index is 13.3. The summed E-state index contributed by atoms with van der Waals surface area (Å²) in [5, 5.41) is 8.91. The van der Waals surface area contributed by atoms with Crippen LogP contribution in [0.1, 0.15) is 12.5 Å². The van der Waals surface area contributed by atoms with Crippen molar-refractivity contribution in [2.45, 2.75) is 12.5 Å². The average Bonchev–Trinajstić information content (AvgIpc) is 2.59. The summed E-state index contributed by atoms with van der Waals surface area (Å²) in [6, 6.07) is 1.09. The fraction of sp³-hybridized carbons (Fsp3) is 0.400. The predicted octanol–water partition coefficient (Wildman–Crippen LogP) is 0.232. The van der Waals surface area contributed by atoms with Crippen LogP contribution in [0.15, 0.2) is 29.0 Å². The van der Waals surface area contributed by atoms with Crippen LogP contribution < -0.4 is 11.4 Å². The SMILES string of the molecule is Nc1ccn([C@@H]2C=C(F)[C@H](CO)C2)c(=O)n1. The molecule has 0 saturated heterocycles. The van der Waals surface area contributed by atoms with E-state index < -0.39 is 17.6 Å². The standard InChI is InChI=1S/C10H12FN3O2/c11-8-4-7(3-6(8)5-15)14-2-1-9(12)13-10(14)16/h1-2,4,6-7,15H,3,5H2,(H2,12,13,16)/t6-,7-/m0/s1. The summed E-state index contributed by atoms with van der Waals surface area (Å²) in [4.78, 5) is 15.1. The zero-order valence-electron chi connectivity index (χ0n) is 8.51. The number of hydrogen-bond donors (Lipinski definition) is 2. The average molecular weight is 225 g/mol. The van der Waals surface area contributed by atoms with Crippen LogP contribution in [0.25, 0.3) is 0 Å². The van der Waals surface area contributed by atoms with Gasteiger partial charge in [-0.3, -0.25) is 4.57 Å². The Kier molecular flexibility index (Phi) is 2.74. The first-order valence-corrected chi connectivity index (χ1v) is 4.94. The topological polar surface area (TPSA) is 81.1 Å². The summed E-state index contributed by atoms with van der Waals surface area (Å²) in [5.74, 6) is -0.756. The third-order valence-corrected chi connectivity index (χ3v) is 2.70. The van der Waals surface area contributed by atoms with Gasteiger partial charge in [-0.2, -0.15) is 4.98 Å². The van der Waals surface area contributed by atoms with Crippen LogP contribution in [0.5, 0.6) is 0 Å². The Morgan fingerprint density at radius 1 is 1.69 bits per heavy atom. The van der Waals surface area contributed by atoms with Crippen molar-refractivity contribution in [3.63, 3.8) is 0 Å². The molecule has 0 bridgehead atoms. The number of nitrogen functional groups attached to an aromatic ring is 1. The van der Waals surface area contributed by atoms with E-state index in [1.807, 2.05) is 0 Å². The summed E-state index contributed by atoms with van der Waals surface area (Å²) in [7, 11) is 0. The largest absolute Gasteiger partial charge is 0.396 e. The highest BCUT2D eigenvalue weighted by Crippen LogP contribution is 2.33. The van der Waals surface area contributed by atoms with Crippen molar-refractivity contribution < 1.29 is 9.50 Å². The molecule has 2 atom stereocenters. The minimum Gasteiger partial charge on any atom is -0.396 e. The molecular formula is C10H12FN3O2. The monoisotopic (exact) mass is 225 g/mol. The van der Waals surface area contributed by atoms with Gasteiger partial charge in [0.05, 0.1) is 12.6 Å². The minimum atomic E-state index is -0.519. The number of hydrogen-bond acceptors (Lipinski definition) is 4. The van der Waals surface area contributed by atoms with Gasteiger partial charge in [-0.15, -0.1) is 0 Å². The molecule has 6 heteroatoms. The number of rotatable bonds is 2. The number of nitrogens with zero attached hydrogens (tertiary/aromatic N) is 2. The van der Waals surface area contributed by atoms with Gasteiger partial charge < -0.3 is 10.8 Å². The molecular weight excluding hydrogens is 213 g/mol. The number of aromatic nitrogens is 2. The lowest BCUT2D eigenvalue weighted by molar-refractivity contribution is 0.223. The van der Waals surface area contributed by atoms with E-state index in [1.54, 1.807) is 0 Å². The van der Waals surface area contributed by atoms with Crippen molar-refractivity contribution >= 4 is 5.82 Å². The summed E-state index contributed by atoms with van der Waals surface area (Å²) in [5.41, 5.74) is 4.85. The fourth-order valence-corrected chi connectivity index (χ4v) is 1.83. The first-order chi connectivity index (χ1) is 7.61. The van der Waals surface area contributed by atoms with Crippen LogP contribution in [-0.4, -0.2) is 21.3 Å². The van der Waals surface area contributed by atoms with Crippen molar-refractivity contribution in [2.75, 3.05) is 12.3 Å². The van der Waals surface area contributed by atoms with Crippen LogP contribution >= 0.6 is 0 Å². The van der Waals surface area contributed by atoms with E-state index in [4.69, 9.17) is 10.8 Å². The lowest BCUT2D eigenvalue weighted by Crippen LogP contribution is -2.26. The molecule has 0 unspecified atom stereocenters. The Labute approximate surface area is 91.0 Å². The maximum absolute atomic E-state index is 13.3. The maximum Gasteiger partial charge on any atom is 0.350 e. The Morgan fingerprint density at radius 2 is 2.44 bits per heavy atom. The molecule has 0 aliphatic heterocycles. The predicted molar refractivity (Wildman–Crippen MR) is 56.3 cm³/mol. The van der Waals surface area contributed by atoms with Crippen molar-refractivity contribution in [1.29, 1.82) is 0 Å². The van der Waals surface area contributed by atoms with Gasteiger partial charge in [-0.25, -0.2) is 9.18 Å². The van der Waals surface area contributed by atoms with Crippen LogP contribution in [0.2, 0.25) is 0 Å². The fourth-order valence-electron chi connectivity index (χ4n) is 1.83. The molecule has 2 rings (SSSR count). The Hall–Kier alpha value is -1.69. The first-order valence-electron chi connectivity index (χ1n) is 4.94. The number of nitrogens with two attached hydrogens (primary N) is 1. The number of aliphatic hydroxyl groups excluding tert-OH is 1. The smallest absolute Gasteiger partial charge is 0.350 e. The van der Waals surface area contributed by atoms with Gasteiger partial charge in [0.1, 0.15) is 11.6 Å². The zero-order chi connectivity index (χ0) is 11.7. The molecule has 1 aromatic heterocycles. The summed E-state index contributed by atoms with van der Waals surface area (Å²) >= 11 is 0. The second-order valence-electron chi connectivity index (χ2n) is 3.78. The highest BCUT2D eigenvalue weighted by molar-refractivity contribution is 5.24. The molecule has 0 saturated carbocycles. The molecule has 1 aliphatic carbocycles. The molecule has 1 heterocycles. The number of anilines is 1. The molecule has 16 heavy (non-hydrogen) atoms. The molecule has 5 nitrogen and oxygen atoms in total. The van der Waals surface area contributed by atoms with Gasteiger partial charge >= 0.3 is 5.69 Å². The van der Waals surface area contributed by atoms with E-state index in [0.29, 0.717) is 6.42 Å². The highest BCUT2D eigenvalue weighted by Gasteiger charge is 2.27. The summed E-state index contributed by atoms with van der Waals surface area (Å²) < 4.78 is 14.6. The number of halogens is 1. The second-order valence-corrected chi connectivity index (χ2v) is 3.78. The Balaban J connectivity index is 2.31. The highest BCUT2D eigenvalue weighted by atomic mass is 19.1. The van der Waals surface area contributed by atoms with Crippen molar-refractivity contribution in [1.82, 2.24) is 9.55 Å². The number of aliphatic hydroxyl groups is 1. The molecule has 86 valence electrons. The third kappa shape index (κ3) is 1.83. The normalized spacial score (nSPS) is 24.5. The molecule has 1 aliphatic rings. The first kappa shape index (κ1) is 10.8. The molecule has 0 spiro atoms. The van der Waals surface area contributed by atoms with Crippen molar-refractivity contribution in [3.8, 4) is 0 Å². The zero-order valence-corrected chi connectivity index (χ0v) is 8.51. The van der Waals surface area contributed by atoms with Crippen LogP contribution in [0, 0.1) is 5.92 Å². The summed E-state index contributed by atoms with van der Waals surface area (Å²) in [6.45, 7) is -0.254. The van der Waals surface area contributed by atoms with Crippen molar-refractivity contribution in [3.05, 3.63) is 34.7 Å². The summed E-state index contributed by atoms with van der Waals surface area (Å²) in [6.07, 6.45) is 3.19. The number of allylic oxidation sites excluding steroid dienone is 1. The minimum absolute atomic E-state index is 0.141. The van der Waals surface area contributed by atoms with Crippen LogP contribution in [0.3, 0.4) is 0 Å². The van der Waals surface area contributed by atoms with E-state index in [0.717, 1.165) is 0 Å². The van der Waals surface area contributed by atoms with Crippen molar-refractivity contribution in [2.24, 2.45) is 5.92 Å². The van der Waals surface area contributed by atoms with Gasteiger partial charge in [0, 0.05) is 12.1 Å². The Bertz CT molecular complexity index is 483. The second kappa shape index (κ2) is 4.05. The van der Waals surface area contributed by atoms with E-state index in [9.17, 15) is 9.18 Å². The van der Waals surface area contributed by atoms with E-state index in [2.05, 4.69) is 4.98 Å². The quantitative estimate of drug-likeness (QED) is 0.755. The van der Waals surface area contributed by atoms with E-state index >= 15 is 0 Å². The molecule has 0 fully saturated rings. The van der Waals surface area contributed by atoms with Gasteiger partial charge in [0.2, 0.25) is 0 Å². The molecule has 0 radical (unpaired) electrons. The lowest BCUT2D eigenvalue weighted by atomic mass is 10.1. The van der Waals surface area contributed by atoms with Crippen LogP contribution in [-0.2, 0) is 0 Å². The van der Waals surface area contributed by atoms with Gasteiger partial charge in [0.25, 0.3) is 0 Å². The molecule has 0 amide bonds. The lowest BCUT2D eigenvalue weighted by Gasteiger charge is -2.12. The van der Waals surface area contributed by atoms with E-state index in [1.165, 1.54) is 22.9 Å². The Morgan fingerprint density at radius 3 is 3.00 bits per heavy atom. The van der Waals surface area contributed by atoms with Gasteiger partial charge in [0.15, 0.2) is 0 Å². The van der Waals surface area contributed by atoms with E-state index in [-0.39, 0.29) is 18.3 Å². The van der Waals surface area contributed by atoms with Crippen LogP contribution in [0.4, 0.5) is 10.2 Å². The third-order valence-electron chi connectivity index (χ3n) is 2.70. The van der Waals surface area contributed by atoms with Gasteiger partial charge in [-0.1, -0.05) is 0 Å². The van der Waals surface area contributed by atoms with Gasteiger partial charge in [-0.05, 0) is 18.6 Å². The molecule has 0 aromatic carbocycles.